The Bertz CT molecular complexity index is 470. The van der Waals surface area contributed by atoms with E-state index in [1.807, 2.05) is 13.8 Å². The second-order valence-electron chi connectivity index (χ2n) is 5.45. The number of hydrogen-bond donors (Lipinski definition) is 2. The summed E-state index contributed by atoms with van der Waals surface area (Å²) in [5.74, 6) is 1.05. The summed E-state index contributed by atoms with van der Waals surface area (Å²) in [4.78, 5) is 20.6. The summed E-state index contributed by atoms with van der Waals surface area (Å²) in [5.41, 5.74) is 6.39. The van der Waals surface area contributed by atoms with Crippen LogP contribution < -0.4 is 11.1 Å². The number of nitrogen functional groups attached to an aromatic ring is 1. The minimum Gasteiger partial charge on any atom is -0.396 e. The molecule has 0 saturated carbocycles. The third-order valence-electron chi connectivity index (χ3n) is 3.46. The van der Waals surface area contributed by atoms with Gasteiger partial charge in [-0.05, 0) is 18.8 Å². The van der Waals surface area contributed by atoms with Crippen LogP contribution in [0.15, 0.2) is 6.20 Å². The second kappa shape index (κ2) is 6.65. The van der Waals surface area contributed by atoms with Gasteiger partial charge in [0.05, 0.1) is 11.9 Å². The van der Waals surface area contributed by atoms with Crippen LogP contribution >= 0.6 is 0 Å². The highest BCUT2D eigenvalue weighted by Crippen LogP contribution is 2.15. The Hall–Kier alpha value is -1.69. The highest BCUT2D eigenvalue weighted by molar-refractivity contribution is 5.96. The molecule has 2 heterocycles. The van der Waals surface area contributed by atoms with E-state index in [1.54, 1.807) is 0 Å². The molecule has 0 unspecified atom stereocenters. The normalized spacial score (nSPS) is 16.4. The van der Waals surface area contributed by atoms with Gasteiger partial charge in [-0.15, -0.1) is 0 Å². The highest BCUT2D eigenvalue weighted by atomic mass is 16.5. The quantitative estimate of drug-likeness (QED) is 0.867. The molecule has 1 saturated heterocycles. The Morgan fingerprint density at radius 3 is 2.85 bits per heavy atom. The van der Waals surface area contributed by atoms with Crippen LogP contribution in [0.25, 0.3) is 0 Å². The molecule has 1 fully saturated rings. The lowest BCUT2D eigenvalue weighted by Crippen LogP contribution is -2.33. The zero-order valence-corrected chi connectivity index (χ0v) is 12.1. The second-order valence-corrected chi connectivity index (χ2v) is 5.45. The van der Waals surface area contributed by atoms with Crippen LogP contribution in [0, 0.1) is 5.92 Å². The average molecular weight is 278 g/mol. The third kappa shape index (κ3) is 3.66. The summed E-state index contributed by atoms with van der Waals surface area (Å²) < 4.78 is 5.30. The molecule has 20 heavy (non-hydrogen) atoms. The fraction of sp³-hybridized carbons (Fsp3) is 0.643. The molecule has 1 amide bonds. The summed E-state index contributed by atoms with van der Waals surface area (Å²) in [5, 5.41) is 2.91. The maximum absolute atomic E-state index is 12.2. The van der Waals surface area contributed by atoms with E-state index in [2.05, 4.69) is 15.3 Å². The predicted octanol–water partition coefficient (Wildman–Crippen LogP) is 1.34. The Morgan fingerprint density at radius 2 is 2.20 bits per heavy atom. The van der Waals surface area contributed by atoms with Crippen molar-refractivity contribution in [3.05, 3.63) is 17.7 Å². The van der Waals surface area contributed by atoms with Crippen LogP contribution in [0.1, 0.15) is 48.9 Å². The van der Waals surface area contributed by atoms with E-state index in [1.165, 1.54) is 6.20 Å². The van der Waals surface area contributed by atoms with Crippen LogP contribution in [0.2, 0.25) is 0 Å². The van der Waals surface area contributed by atoms with Crippen LogP contribution in [0.4, 0.5) is 5.69 Å². The van der Waals surface area contributed by atoms with Crippen molar-refractivity contribution in [1.29, 1.82) is 0 Å². The van der Waals surface area contributed by atoms with Gasteiger partial charge >= 0.3 is 0 Å². The zero-order chi connectivity index (χ0) is 14.5. The first-order valence-electron chi connectivity index (χ1n) is 7.06. The third-order valence-corrected chi connectivity index (χ3v) is 3.46. The van der Waals surface area contributed by atoms with Crippen molar-refractivity contribution in [1.82, 2.24) is 15.3 Å². The molecule has 1 aromatic heterocycles. The van der Waals surface area contributed by atoms with E-state index in [0.29, 0.717) is 24.0 Å². The van der Waals surface area contributed by atoms with E-state index in [4.69, 9.17) is 10.5 Å². The molecule has 0 aliphatic carbocycles. The fourth-order valence-corrected chi connectivity index (χ4v) is 2.14. The molecule has 1 aromatic rings. The highest BCUT2D eigenvalue weighted by Gasteiger charge is 2.18. The zero-order valence-electron chi connectivity index (χ0n) is 12.1. The van der Waals surface area contributed by atoms with Crippen molar-refractivity contribution in [3.63, 3.8) is 0 Å². The van der Waals surface area contributed by atoms with Gasteiger partial charge in [0.2, 0.25) is 0 Å². The summed E-state index contributed by atoms with van der Waals surface area (Å²) >= 11 is 0. The molecule has 110 valence electrons. The summed E-state index contributed by atoms with van der Waals surface area (Å²) in [6.45, 7) is 6.15. The lowest BCUT2D eigenvalue weighted by atomic mass is 10.0. The summed E-state index contributed by atoms with van der Waals surface area (Å²) in [6.07, 6.45) is 3.47. The number of rotatable bonds is 4. The Morgan fingerprint density at radius 1 is 1.50 bits per heavy atom. The number of ether oxygens (including phenoxy) is 1. The van der Waals surface area contributed by atoms with Gasteiger partial charge in [0, 0.05) is 25.7 Å². The van der Waals surface area contributed by atoms with Crippen molar-refractivity contribution in [3.8, 4) is 0 Å². The van der Waals surface area contributed by atoms with Crippen LogP contribution in [-0.2, 0) is 4.74 Å². The topological polar surface area (TPSA) is 90.1 Å². The van der Waals surface area contributed by atoms with Gasteiger partial charge in [-0.2, -0.15) is 0 Å². The lowest BCUT2D eigenvalue weighted by Gasteiger charge is -2.22. The van der Waals surface area contributed by atoms with Crippen molar-refractivity contribution < 1.29 is 9.53 Å². The van der Waals surface area contributed by atoms with E-state index in [9.17, 15) is 4.79 Å². The lowest BCUT2D eigenvalue weighted by molar-refractivity contribution is 0.0642. The first-order chi connectivity index (χ1) is 9.58. The molecular weight excluding hydrogens is 256 g/mol. The first kappa shape index (κ1) is 14.7. The predicted molar refractivity (Wildman–Crippen MR) is 76.4 cm³/mol. The molecule has 1 aliphatic rings. The van der Waals surface area contributed by atoms with E-state index < -0.39 is 0 Å². The number of amides is 1. The molecule has 0 bridgehead atoms. The van der Waals surface area contributed by atoms with Crippen molar-refractivity contribution in [2.75, 3.05) is 25.5 Å². The van der Waals surface area contributed by atoms with Gasteiger partial charge in [-0.3, -0.25) is 4.79 Å². The molecule has 2 rings (SSSR count). The molecule has 0 atom stereocenters. The molecule has 0 aromatic carbocycles. The first-order valence-corrected chi connectivity index (χ1v) is 7.06. The molecular formula is C14H22N4O2. The molecule has 0 spiro atoms. The summed E-state index contributed by atoms with van der Waals surface area (Å²) in [7, 11) is 0. The number of carbonyl (C=O) groups is 1. The van der Waals surface area contributed by atoms with Gasteiger partial charge in [-0.25, -0.2) is 9.97 Å². The minimum absolute atomic E-state index is 0.164. The van der Waals surface area contributed by atoms with Crippen LogP contribution in [-0.4, -0.2) is 35.6 Å². The molecule has 3 N–H and O–H groups in total. The number of anilines is 1. The SMILES string of the molecule is CC(C)c1ncc(N)c(C(=O)NCC2CCOCC2)n1. The number of nitrogens with one attached hydrogen (secondary N) is 1. The van der Waals surface area contributed by atoms with Crippen LogP contribution in [0.5, 0.6) is 0 Å². The monoisotopic (exact) mass is 278 g/mol. The van der Waals surface area contributed by atoms with E-state index >= 15 is 0 Å². The number of nitrogens with zero attached hydrogens (tertiary/aromatic N) is 2. The van der Waals surface area contributed by atoms with Gasteiger partial charge in [-0.1, -0.05) is 13.8 Å². The van der Waals surface area contributed by atoms with Crippen molar-refractivity contribution in [2.45, 2.75) is 32.6 Å². The molecule has 0 radical (unpaired) electrons. The molecule has 6 heteroatoms. The van der Waals surface area contributed by atoms with E-state index in [-0.39, 0.29) is 17.5 Å². The van der Waals surface area contributed by atoms with Gasteiger partial charge in [0.1, 0.15) is 5.82 Å². The number of carbonyl (C=O) groups excluding carboxylic acids is 1. The number of aromatic nitrogens is 2. The van der Waals surface area contributed by atoms with Gasteiger partial charge in [0.25, 0.3) is 5.91 Å². The van der Waals surface area contributed by atoms with Gasteiger partial charge in [0.15, 0.2) is 5.69 Å². The van der Waals surface area contributed by atoms with Crippen molar-refractivity contribution in [2.24, 2.45) is 5.92 Å². The summed E-state index contributed by atoms with van der Waals surface area (Å²) in [6, 6.07) is 0. The fourth-order valence-electron chi connectivity index (χ4n) is 2.14. The largest absolute Gasteiger partial charge is 0.396 e. The van der Waals surface area contributed by atoms with Gasteiger partial charge < -0.3 is 15.8 Å². The van der Waals surface area contributed by atoms with E-state index in [0.717, 1.165) is 26.1 Å². The molecule has 1 aliphatic heterocycles. The Kier molecular flexibility index (Phi) is 4.89. The standard InChI is InChI=1S/C14H22N4O2/c1-9(2)13-16-8-11(15)12(18-13)14(19)17-7-10-3-5-20-6-4-10/h8-10H,3-7,15H2,1-2H3,(H,17,19). The Labute approximate surface area is 119 Å². The Balaban J connectivity index is 1.99. The van der Waals surface area contributed by atoms with Crippen molar-refractivity contribution >= 4 is 11.6 Å². The number of nitrogens with two attached hydrogens (primary N) is 1. The maximum atomic E-state index is 12.2. The molecule has 6 nitrogen and oxygen atoms in total. The average Bonchev–Trinajstić information content (AvgIpc) is 2.46. The maximum Gasteiger partial charge on any atom is 0.272 e. The minimum atomic E-state index is -0.224. The smallest absolute Gasteiger partial charge is 0.272 e. The van der Waals surface area contributed by atoms with Crippen LogP contribution in [0.3, 0.4) is 0 Å². The number of hydrogen-bond acceptors (Lipinski definition) is 5.